The number of hydrogen-bond acceptors (Lipinski definition) is 2. The Hall–Kier alpha value is -0.650. The molecule has 0 radical (unpaired) electrons. The predicted octanol–water partition coefficient (Wildman–Crippen LogP) is 4.69. The van der Waals surface area contributed by atoms with Crippen molar-refractivity contribution in [1.29, 1.82) is 0 Å². The molecule has 0 saturated heterocycles. The lowest BCUT2D eigenvalue weighted by molar-refractivity contribution is 0.475. The van der Waals surface area contributed by atoms with Gasteiger partial charge in [-0.3, -0.25) is 4.68 Å². The summed E-state index contributed by atoms with van der Waals surface area (Å²) < 4.78 is 4.20. The van der Waals surface area contributed by atoms with Crippen LogP contribution in [0.5, 0.6) is 0 Å². The molecule has 0 aliphatic carbocycles. The molecular weight excluding hydrogens is 382 g/mol. The van der Waals surface area contributed by atoms with Gasteiger partial charge in [-0.05, 0) is 54.0 Å². The van der Waals surface area contributed by atoms with Crippen molar-refractivity contribution >= 4 is 31.9 Å². The van der Waals surface area contributed by atoms with E-state index in [1.54, 1.807) is 0 Å². The first-order valence-corrected chi connectivity index (χ1v) is 8.35. The molecule has 1 aromatic carbocycles. The summed E-state index contributed by atoms with van der Waals surface area (Å²) >= 11 is 7.12. The highest BCUT2D eigenvalue weighted by molar-refractivity contribution is 9.10. The van der Waals surface area contributed by atoms with Gasteiger partial charge in [-0.1, -0.05) is 35.0 Å². The van der Waals surface area contributed by atoms with Crippen molar-refractivity contribution in [3.63, 3.8) is 0 Å². The molecule has 0 spiro atoms. The Bertz CT molecular complexity index is 561. The van der Waals surface area contributed by atoms with Gasteiger partial charge in [-0.2, -0.15) is 5.10 Å². The van der Waals surface area contributed by atoms with Gasteiger partial charge < -0.3 is 5.32 Å². The minimum atomic E-state index is 0.132. The third-order valence-corrected chi connectivity index (χ3v) is 4.30. The van der Waals surface area contributed by atoms with Gasteiger partial charge in [0, 0.05) is 10.5 Å². The first kappa shape index (κ1) is 15.7. The third-order valence-electron chi connectivity index (χ3n) is 3.16. The van der Waals surface area contributed by atoms with E-state index in [1.165, 1.54) is 11.3 Å². The first-order valence-electron chi connectivity index (χ1n) is 6.76. The Balaban J connectivity index is 2.48. The highest BCUT2D eigenvalue weighted by Gasteiger charge is 2.22. The van der Waals surface area contributed by atoms with Crippen LogP contribution in [0, 0.1) is 0 Å². The zero-order chi connectivity index (χ0) is 14.7. The summed E-state index contributed by atoms with van der Waals surface area (Å²) in [6.07, 6.45) is 1.87. The second-order valence-electron chi connectivity index (χ2n) is 4.96. The quantitative estimate of drug-likeness (QED) is 0.788. The molecule has 0 fully saturated rings. The smallest absolute Gasteiger partial charge is 0.0759 e. The van der Waals surface area contributed by atoms with Crippen LogP contribution in [0.3, 0.4) is 0 Å². The van der Waals surface area contributed by atoms with E-state index in [1.807, 2.05) is 6.20 Å². The van der Waals surface area contributed by atoms with Crippen molar-refractivity contribution in [1.82, 2.24) is 15.1 Å². The van der Waals surface area contributed by atoms with Crippen molar-refractivity contribution in [2.45, 2.75) is 32.9 Å². The van der Waals surface area contributed by atoms with Crippen molar-refractivity contribution in [3.05, 3.63) is 50.7 Å². The van der Waals surface area contributed by atoms with Gasteiger partial charge in [-0.25, -0.2) is 0 Å². The maximum Gasteiger partial charge on any atom is 0.0759 e. The molecule has 0 aliphatic rings. The molecule has 3 nitrogen and oxygen atoms in total. The van der Waals surface area contributed by atoms with E-state index in [0.717, 1.165) is 15.5 Å². The fraction of sp³-hybridized carbons (Fsp3) is 0.400. The van der Waals surface area contributed by atoms with Gasteiger partial charge in [0.1, 0.15) is 0 Å². The predicted molar refractivity (Wildman–Crippen MR) is 90.0 cm³/mol. The lowest BCUT2D eigenvalue weighted by Crippen LogP contribution is -2.25. The van der Waals surface area contributed by atoms with Crippen molar-refractivity contribution in [2.24, 2.45) is 0 Å². The van der Waals surface area contributed by atoms with E-state index >= 15 is 0 Å². The average molecular weight is 401 g/mol. The van der Waals surface area contributed by atoms with E-state index in [-0.39, 0.29) is 6.04 Å². The Kier molecular flexibility index (Phi) is 5.41. The zero-order valence-electron chi connectivity index (χ0n) is 11.9. The normalized spacial score (nSPS) is 12.9. The van der Waals surface area contributed by atoms with Gasteiger partial charge in [0.2, 0.25) is 0 Å². The van der Waals surface area contributed by atoms with Gasteiger partial charge in [0.05, 0.1) is 22.4 Å². The molecule has 0 amide bonds. The maximum absolute atomic E-state index is 4.48. The second-order valence-corrected chi connectivity index (χ2v) is 6.73. The summed E-state index contributed by atoms with van der Waals surface area (Å²) in [4.78, 5) is 0. The van der Waals surface area contributed by atoms with Gasteiger partial charge in [-0.15, -0.1) is 0 Å². The van der Waals surface area contributed by atoms with E-state index in [4.69, 9.17) is 0 Å². The molecule has 0 bridgehead atoms. The van der Waals surface area contributed by atoms with Crippen LogP contribution in [-0.2, 0) is 0 Å². The standard InChI is InChI=1S/C15H19Br2N3/c1-4-18-14(11-5-7-12(16)8-6-11)15-13(17)9-19-20(15)10(2)3/h5-10,14,18H,4H2,1-3H3. The van der Waals surface area contributed by atoms with E-state index in [0.29, 0.717) is 6.04 Å². The molecule has 1 atom stereocenters. The van der Waals surface area contributed by atoms with E-state index < -0.39 is 0 Å². The van der Waals surface area contributed by atoms with Crippen molar-refractivity contribution in [2.75, 3.05) is 6.54 Å². The lowest BCUT2D eigenvalue weighted by Gasteiger charge is -2.22. The molecule has 1 unspecified atom stereocenters. The van der Waals surface area contributed by atoms with Crippen molar-refractivity contribution < 1.29 is 0 Å². The SMILES string of the molecule is CCNC(c1ccc(Br)cc1)c1c(Br)cnn1C(C)C. The van der Waals surface area contributed by atoms with E-state index in [2.05, 4.69) is 92.0 Å². The van der Waals surface area contributed by atoms with Gasteiger partial charge in [0.25, 0.3) is 0 Å². The number of hydrogen-bond donors (Lipinski definition) is 1. The minimum absolute atomic E-state index is 0.132. The largest absolute Gasteiger partial charge is 0.305 e. The average Bonchev–Trinajstić information content (AvgIpc) is 2.79. The Morgan fingerprint density at radius 1 is 1.20 bits per heavy atom. The molecule has 108 valence electrons. The third kappa shape index (κ3) is 3.32. The van der Waals surface area contributed by atoms with Gasteiger partial charge in [0.15, 0.2) is 0 Å². The molecule has 1 aromatic heterocycles. The van der Waals surface area contributed by atoms with E-state index in [9.17, 15) is 0 Å². The fourth-order valence-electron chi connectivity index (χ4n) is 2.26. The van der Waals surface area contributed by atoms with Crippen LogP contribution in [-0.4, -0.2) is 16.3 Å². The summed E-state index contributed by atoms with van der Waals surface area (Å²) in [7, 11) is 0. The number of nitrogens with zero attached hydrogens (tertiary/aromatic N) is 2. The fourth-order valence-corrected chi connectivity index (χ4v) is 3.03. The van der Waals surface area contributed by atoms with Crippen LogP contribution >= 0.6 is 31.9 Å². The number of aromatic nitrogens is 2. The number of rotatable bonds is 5. The monoisotopic (exact) mass is 399 g/mol. The summed E-state index contributed by atoms with van der Waals surface area (Å²) in [5, 5.41) is 8.03. The highest BCUT2D eigenvalue weighted by Crippen LogP contribution is 2.31. The molecule has 5 heteroatoms. The Morgan fingerprint density at radius 2 is 1.85 bits per heavy atom. The number of halogens is 2. The van der Waals surface area contributed by atoms with Crippen LogP contribution < -0.4 is 5.32 Å². The van der Waals surface area contributed by atoms with Gasteiger partial charge >= 0.3 is 0 Å². The molecule has 20 heavy (non-hydrogen) atoms. The molecule has 1 N–H and O–H groups in total. The topological polar surface area (TPSA) is 29.9 Å². The molecule has 1 heterocycles. The van der Waals surface area contributed by atoms with Crippen LogP contribution in [0.4, 0.5) is 0 Å². The first-order chi connectivity index (χ1) is 9.54. The lowest BCUT2D eigenvalue weighted by atomic mass is 10.0. The van der Waals surface area contributed by atoms with Crippen LogP contribution in [0.15, 0.2) is 39.4 Å². The molecular formula is C15H19Br2N3. The van der Waals surface area contributed by atoms with Crippen LogP contribution in [0.1, 0.15) is 44.1 Å². The van der Waals surface area contributed by atoms with Crippen LogP contribution in [0.25, 0.3) is 0 Å². The molecule has 0 saturated carbocycles. The van der Waals surface area contributed by atoms with Crippen molar-refractivity contribution in [3.8, 4) is 0 Å². The Labute approximate surface area is 137 Å². The summed E-state index contributed by atoms with van der Waals surface area (Å²) in [6.45, 7) is 7.31. The Morgan fingerprint density at radius 3 is 2.40 bits per heavy atom. The summed E-state index contributed by atoms with van der Waals surface area (Å²) in [6, 6.07) is 8.89. The summed E-state index contributed by atoms with van der Waals surface area (Å²) in [5.74, 6) is 0. The molecule has 2 aromatic rings. The maximum atomic E-state index is 4.48. The highest BCUT2D eigenvalue weighted by atomic mass is 79.9. The minimum Gasteiger partial charge on any atom is -0.305 e. The summed E-state index contributed by atoms with van der Waals surface area (Å²) in [5.41, 5.74) is 2.40. The molecule has 2 rings (SSSR count). The second kappa shape index (κ2) is 6.87. The number of benzene rings is 1. The van der Waals surface area contributed by atoms with Crippen LogP contribution in [0.2, 0.25) is 0 Å². The molecule has 0 aliphatic heterocycles. The zero-order valence-corrected chi connectivity index (χ0v) is 15.1. The number of nitrogens with one attached hydrogen (secondary N) is 1.